The first kappa shape index (κ1) is 40.6. The van der Waals surface area contributed by atoms with Gasteiger partial charge in [0.2, 0.25) is 0 Å². The molecule has 0 aliphatic heterocycles. The molecule has 0 bridgehead atoms. The van der Waals surface area contributed by atoms with Crippen LogP contribution in [0.1, 0.15) is 0 Å². The van der Waals surface area contributed by atoms with E-state index in [0.717, 1.165) is 22.3 Å². The van der Waals surface area contributed by atoms with Gasteiger partial charge in [-0.15, -0.1) is 0 Å². The first-order valence-electron chi connectivity index (χ1n) is 10.2. The number of pyridine rings is 4. The molecule has 0 spiro atoms. The van der Waals surface area contributed by atoms with Crippen LogP contribution in [0.15, 0.2) is 98.1 Å². The molecule has 6 aromatic rings. The van der Waals surface area contributed by atoms with Crippen LogP contribution in [-0.2, 0) is 38.4 Å². The average Bonchev–Trinajstić information content (AvgIpc) is 3.62. The van der Waals surface area contributed by atoms with E-state index < -0.39 is 0 Å². The summed E-state index contributed by atoms with van der Waals surface area (Å²) in [5.41, 5.74) is 3.53. The number of hydrogen-bond donors (Lipinski definition) is 0. The van der Waals surface area contributed by atoms with Crippen molar-refractivity contribution in [1.82, 2.24) is 50.3 Å². The molecule has 6 rings (SSSR count). The standard InChI is InChI=1S/2C12H8N5.Ni.6H2O/c2*1-2-10(8-14-5-1)12-15-11(16-17-12)9-3-6-13-7-4-9;;;;;;;/h2*1-8H;;6*1H2/q2*-1;+2;;;;;;/p+4. The van der Waals surface area contributed by atoms with Gasteiger partial charge in [0.05, 0.1) is 0 Å². The van der Waals surface area contributed by atoms with Crippen molar-refractivity contribution in [1.29, 1.82) is 0 Å². The molecule has 220 valence electrons. The van der Waals surface area contributed by atoms with Crippen molar-refractivity contribution < 1.29 is 49.3 Å². The van der Waals surface area contributed by atoms with Crippen LogP contribution in [0.5, 0.6) is 0 Å². The number of nitrogens with zero attached hydrogens (tertiary/aromatic N) is 10. The van der Waals surface area contributed by atoms with E-state index in [0.29, 0.717) is 23.3 Å². The summed E-state index contributed by atoms with van der Waals surface area (Å²) in [5.74, 6) is 2.38. The largest absolute Gasteiger partial charge is 2.00 e. The summed E-state index contributed by atoms with van der Waals surface area (Å²) in [6.45, 7) is 0. The third-order valence-corrected chi connectivity index (χ3v) is 4.62. The van der Waals surface area contributed by atoms with Crippen LogP contribution in [0.4, 0.5) is 0 Å². The second-order valence-electron chi connectivity index (χ2n) is 6.87. The maximum absolute atomic E-state index is 4.36. The van der Waals surface area contributed by atoms with Crippen LogP contribution < -0.4 is 9.97 Å². The molecule has 0 aromatic carbocycles. The third kappa shape index (κ3) is 10.3. The van der Waals surface area contributed by atoms with E-state index in [1.165, 1.54) is 0 Å². The molecule has 0 fully saturated rings. The zero-order valence-corrected chi connectivity index (χ0v) is 22.3. The Morgan fingerprint density at radius 2 is 0.707 bits per heavy atom. The molecule has 0 saturated heterocycles. The Morgan fingerprint density at radius 1 is 0.390 bits per heavy atom. The van der Waals surface area contributed by atoms with E-state index in [2.05, 4.69) is 50.3 Å². The Labute approximate surface area is 243 Å². The van der Waals surface area contributed by atoms with Gasteiger partial charge in [-0.05, 0) is 47.5 Å². The van der Waals surface area contributed by atoms with Gasteiger partial charge in [-0.3, -0.25) is 19.9 Å². The third-order valence-electron chi connectivity index (χ3n) is 4.62. The molecule has 0 unspecified atom stereocenters. The predicted molar refractivity (Wildman–Crippen MR) is 150 cm³/mol. The topological polar surface area (TPSA) is 326 Å². The van der Waals surface area contributed by atoms with E-state index >= 15 is 0 Å². The van der Waals surface area contributed by atoms with Crippen molar-refractivity contribution >= 4 is 0 Å². The minimum absolute atomic E-state index is 0. The van der Waals surface area contributed by atoms with Crippen LogP contribution in [-0.4, -0.2) is 51.3 Å². The second-order valence-corrected chi connectivity index (χ2v) is 6.87. The normalized spacial score (nSPS) is 8.59. The minimum Gasteiger partial charge on any atom is -0.457 e. The summed E-state index contributed by atoms with van der Waals surface area (Å²) in [5, 5.41) is 16.2. The van der Waals surface area contributed by atoms with Gasteiger partial charge in [-0.25, -0.2) is 0 Å². The van der Waals surface area contributed by atoms with Gasteiger partial charge in [0.25, 0.3) is 0 Å². The molecule has 16 N–H and O–H groups in total. The van der Waals surface area contributed by atoms with E-state index in [1.54, 1.807) is 49.6 Å². The number of aromatic nitrogens is 10. The molecule has 0 aliphatic rings. The first-order valence-corrected chi connectivity index (χ1v) is 10.2. The molecule has 16 nitrogen and oxygen atoms in total. The fraction of sp³-hybridized carbons (Fsp3) is 0. The zero-order chi connectivity index (χ0) is 23.0. The molecule has 17 heteroatoms. The van der Waals surface area contributed by atoms with Gasteiger partial charge in [0.15, 0.2) is 0 Å². The van der Waals surface area contributed by atoms with Crippen LogP contribution in [0.3, 0.4) is 0 Å². The summed E-state index contributed by atoms with van der Waals surface area (Å²) in [4.78, 5) is 24.7. The Morgan fingerprint density at radius 3 is 1.00 bits per heavy atom. The van der Waals surface area contributed by atoms with E-state index in [1.807, 2.05) is 48.5 Å². The maximum Gasteiger partial charge on any atom is 2.00 e. The number of hydrogen-bond acceptors (Lipinski definition) is 8. The fourth-order valence-corrected chi connectivity index (χ4v) is 2.96. The summed E-state index contributed by atoms with van der Waals surface area (Å²) in [6.07, 6.45) is 13.7. The predicted octanol–water partition coefficient (Wildman–Crippen LogP) is -2.22. The molecule has 0 radical (unpaired) electrons. The van der Waals surface area contributed by atoms with E-state index in [4.69, 9.17) is 0 Å². The molecule has 0 amide bonds. The molecule has 6 heterocycles. The van der Waals surface area contributed by atoms with Crippen LogP contribution in [0.2, 0.25) is 0 Å². The molecule has 0 saturated carbocycles. The quantitative estimate of drug-likeness (QED) is 0.152. The smallest absolute Gasteiger partial charge is 0.457 e. The van der Waals surface area contributed by atoms with Crippen LogP contribution in [0.25, 0.3) is 45.6 Å². The van der Waals surface area contributed by atoms with Crippen LogP contribution in [0, 0.1) is 0 Å². The van der Waals surface area contributed by atoms with E-state index in [9.17, 15) is 0 Å². The van der Waals surface area contributed by atoms with Crippen molar-refractivity contribution in [2.24, 2.45) is 0 Å². The fourth-order valence-electron chi connectivity index (χ4n) is 2.96. The van der Waals surface area contributed by atoms with Crippen molar-refractivity contribution in [3.63, 3.8) is 0 Å². The van der Waals surface area contributed by atoms with Crippen molar-refractivity contribution in [2.45, 2.75) is 0 Å². The Bertz CT molecular complexity index is 1240. The first-order chi connectivity index (χ1) is 16.9. The monoisotopic (exact) mass is 614 g/mol. The molecule has 41 heavy (non-hydrogen) atoms. The van der Waals surface area contributed by atoms with Gasteiger partial charge >= 0.3 is 16.5 Å². The summed E-state index contributed by atoms with van der Waals surface area (Å²) < 4.78 is 0. The van der Waals surface area contributed by atoms with Gasteiger partial charge in [0, 0.05) is 84.0 Å². The molecule has 0 atom stereocenters. The summed E-state index contributed by atoms with van der Waals surface area (Å²) in [7, 11) is 0. The van der Waals surface area contributed by atoms with Gasteiger partial charge in [0.1, 0.15) is 0 Å². The molecular formula is C24H32N10NiO6+4. The van der Waals surface area contributed by atoms with Gasteiger partial charge in [-0.1, -0.05) is 12.1 Å². The molecule has 0 aliphatic carbocycles. The van der Waals surface area contributed by atoms with Crippen molar-refractivity contribution in [3.05, 3.63) is 98.1 Å². The molecule has 6 aromatic heterocycles. The molecular weight excluding hydrogens is 583 g/mol. The van der Waals surface area contributed by atoms with E-state index in [-0.39, 0.29) is 49.3 Å². The number of rotatable bonds is 4. The Balaban J connectivity index is -0.000000602. The van der Waals surface area contributed by atoms with Gasteiger partial charge in [-0.2, -0.15) is 0 Å². The van der Waals surface area contributed by atoms with Crippen molar-refractivity contribution in [2.75, 3.05) is 0 Å². The zero-order valence-electron chi connectivity index (χ0n) is 21.3. The summed E-state index contributed by atoms with van der Waals surface area (Å²) in [6, 6.07) is 14.9. The maximum atomic E-state index is 4.36. The second kappa shape index (κ2) is 20.1. The Hall–Kier alpha value is -4.87. The van der Waals surface area contributed by atoms with Gasteiger partial charge < -0.3 is 63.2 Å². The Kier molecular flexibility index (Phi) is 19.9. The summed E-state index contributed by atoms with van der Waals surface area (Å²) >= 11 is 0. The minimum atomic E-state index is 0. The average molecular weight is 615 g/mol. The van der Waals surface area contributed by atoms with Crippen molar-refractivity contribution in [3.8, 4) is 45.6 Å². The SMILES string of the molecule is O.O.[Ni+2].[OH3+].[OH3+].[OH3+].[OH3+].c1cncc(-c2nnc(-c3ccncc3)[n-]2)c1.c1cncc(-c2nnc(-c3ccncc3)[n-]2)c1. The van der Waals surface area contributed by atoms with Crippen LogP contribution >= 0.6 is 0 Å².